The van der Waals surface area contributed by atoms with E-state index in [-0.39, 0.29) is 6.61 Å². The third-order valence-corrected chi connectivity index (χ3v) is 5.55. The van der Waals surface area contributed by atoms with Gasteiger partial charge in [0.15, 0.2) is 17.0 Å². The Kier molecular flexibility index (Phi) is 5.46. The van der Waals surface area contributed by atoms with Crippen LogP contribution in [0.1, 0.15) is 5.82 Å². The Balaban J connectivity index is 1.69. The highest BCUT2D eigenvalue weighted by Gasteiger charge is 2.23. The number of aromatic nitrogens is 6. The van der Waals surface area contributed by atoms with Crippen molar-refractivity contribution in [2.45, 2.75) is 13.5 Å². The Labute approximate surface area is 185 Å². The third kappa shape index (κ3) is 3.57. The van der Waals surface area contributed by atoms with Gasteiger partial charge < -0.3 is 24.0 Å². The molecule has 1 aliphatic heterocycles. The number of aliphatic hydroxyl groups excluding tert-OH is 1. The molecule has 0 unspecified atom stereocenters. The van der Waals surface area contributed by atoms with E-state index in [1.165, 1.54) is 0 Å². The fourth-order valence-electron chi connectivity index (χ4n) is 3.98. The molecule has 1 aromatic carbocycles. The number of benzene rings is 1. The predicted octanol–water partition coefficient (Wildman–Crippen LogP) is 1.82. The number of anilines is 1. The molecule has 4 heterocycles. The molecule has 5 rings (SSSR count). The maximum absolute atomic E-state index is 9.57. The van der Waals surface area contributed by atoms with Crippen molar-refractivity contribution in [3.05, 3.63) is 42.4 Å². The molecule has 0 saturated carbocycles. The Morgan fingerprint density at radius 1 is 1.09 bits per heavy atom. The Morgan fingerprint density at radius 3 is 2.59 bits per heavy atom. The maximum Gasteiger partial charge on any atom is 0.254 e. The number of hydrogen-bond acceptors (Lipinski definition) is 8. The molecule has 10 heteroatoms. The number of methoxy groups -OCH3 is 1. The van der Waals surface area contributed by atoms with Gasteiger partial charge in [-0.3, -0.25) is 0 Å². The third-order valence-electron chi connectivity index (χ3n) is 5.55. The fraction of sp³-hybridized carbons (Fsp3) is 0.364. The quantitative estimate of drug-likeness (QED) is 0.489. The lowest BCUT2D eigenvalue weighted by molar-refractivity contribution is 0.122. The van der Waals surface area contributed by atoms with E-state index in [9.17, 15) is 5.11 Å². The van der Waals surface area contributed by atoms with Crippen LogP contribution in [-0.2, 0) is 11.3 Å². The number of aliphatic hydroxyl groups is 1. The molecule has 0 aliphatic carbocycles. The number of morpholine rings is 1. The molecule has 32 heavy (non-hydrogen) atoms. The van der Waals surface area contributed by atoms with Crippen LogP contribution < -0.4 is 9.64 Å². The molecule has 1 fully saturated rings. The summed E-state index contributed by atoms with van der Waals surface area (Å²) < 4.78 is 14.6. The first-order valence-corrected chi connectivity index (χ1v) is 10.6. The zero-order chi connectivity index (χ0) is 22.1. The number of nitrogens with zero attached hydrogens (tertiary/aromatic N) is 7. The molecule has 0 amide bonds. The molecule has 0 atom stereocenters. The van der Waals surface area contributed by atoms with Gasteiger partial charge in [0.1, 0.15) is 5.82 Å². The molecule has 0 bridgehead atoms. The molecule has 0 spiro atoms. The van der Waals surface area contributed by atoms with Crippen LogP contribution in [0, 0.1) is 6.92 Å². The van der Waals surface area contributed by atoms with Gasteiger partial charge in [0, 0.05) is 25.8 Å². The first-order valence-electron chi connectivity index (χ1n) is 10.6. The van der Waals surface area contributed by atoms with E-state index >= 15 is 0 Å². The monoisotopic (exact) mass is 435 g/mol. The van der Waals surface area contributed by atoms with Crippen molar-refractivity contribution in [1.82, 2.24) is 29.3 Å². The van der Waals surface area contributed by atoms with Crippen molar-refractivity contribution in [2.24, 2.45) is 0 Å². The summed E-state index contributed by atoms with van der Waals surface area (Å²) in [4.78, 5) is 16.5. The van der Waals surface area contributed by atoms with Gasteiger partial charge in [-0.25, -0.2) is 9.67 Å². The van der Waals surface area contributed by atoms with Crippen LogP contribution in [0.4, 0.5) is 5.82 Å². The van der Waals surface area contributed by atoms with E-state index in [1.807, 2.05) is 48.0 Å². The van der Waals surface area contributed by atoms with Crippen molar-refractivity contribution < 1.29 is 14.6 Å². The van der Waals surface area contributed by atoms with Crippen LogP contribution in [0.2, 0.25) is 0 Å². The topological polar surface area (TPSA) is 103 Å². The van der Waals surface area contributed by atoms with Gasteiger partial charge >= 0.3 is 0 Å². The SMILES string of the molecule is COc1nn(-c2nc(N3CCOCC3)c3nc(C)n(CCO)c3n2)cc1-c1ccccc1. The van der Waals surface area contributed by atoms with Crippen LogP contribution in [0.25, 0.3) is 28.2 Å². The second kappa shape index (κ2) is 8.56. The molecule has 166 valence electrons. The summed E-state index contributed by atoms with van der Waals surface area (Å²) in [6.45, 7) is 5.00. The molecule has 3 aromatic heterocycles. The van der Waals surface area contributed by atoms with Crippen LogP contribution in [0.5, 0.6) is 5.88 Å². The van der Waals surface area contributed by atoms with Gasteiger partial charge in [-0.15, -0.1) is 5.10 Å². The summed E-state index contributed by atoms with van der Waals surface area (Å²) in [5.74, 6) is 2.42. The van der Waals surface area contributed by atoms with Crippen LogP contribution >= 0.6 is 0 Å². The highest BCUT2D eigenvalue weighted by Crippen LogP contribution is 2.31. The lowest BCUT2D eigenvalue weighted by Gasteiger charge is -2.28. The van der Waals surface area contributed by atoms with Crippen LogP contribution in [-0.4, -0.2) is 74.4 Å². The lowest BCUT2D eigenvalue weighted by Crippen LogP contribution is -2.37. The number of ether oxygens (including phenoxy) is 2. The average Bonchev–Trinajstić information content (AvgIpc) is 3.41. The van der Waals surface area contributed by atoms with E-state index in [2.05, 4.69) is 10.00 Å². The number of rotatable bonds is 6. The van der Waals surface area contributed by atoms with E-state index < -0.39 is 0 Å². The van der Waals surface area contributed by atoms with Gasteiger partial charge in [0.05, 0.1) is 32.5 Å². The van der Waals surface area contributed by atoms with Crippen molar-refractivity contribution in [3.8, 4) is 23.0 Å². The molecular weight excluding hydrogens is 410 g/mol. The summed E-state index contributed by atoms with van der Waals surface area (Å²) >= 11 is 0. The van der Waals surface area contributed by atoms with Gasteiger partial charge in [-0.2, -0.15) is 9.97 Å². The standard InChI is InChI=1S/C22H25N7O3/c1-15-23-18-19(27-9-12-32-13-10-27)24-22(25-20(18)28(15)8-11-30)29-14-17(21(26-29)31-2)16-6-4-3-5-7-16/h3-7,14,30H,8-13H2,1-2H3. The van der Waals surface area contributed by atoms with Crippen LogP contribution in [0.3, 0.4) is 0 Å². The summed E-state index contributed by atoms with van der Waals surface area (Å²) in [7, 11) is 1.60. The second-order valence-electron chi connectivity index (χ2n) is 7.52. The number of imidazole rings is 1. The van der Waals surface area contributed by atoms with Gasteiger partial charge in [0.25, 0.3) is 5.95 Å². The minimum Gasteiger partial charge on any atom is -0.479 e. The molecule has 1 aliphatic rings. The van der Waals surface area contributed by atoms with Crippen molar-refractivity contribution in [2.75, 3.05) is 44.9 Å². The zero-order valence-corrected chi connectivity index (χ0v) is 18.1. The highest BCUT2D eigenvalue weighted by atomic mass is 16.5. The Bertz CT molecular complexity index is 1230. The molecule has 1 saturated heterocycles. The van der Waals surface area contributed by atoms with Crippen molar-refractivity contribution >= 4 is 17.0 Å². The van der Waals surface area contributed by atoms with Gasteiger partial charge in [-0.05, 0) is 12.5 Å². The molecule has 10 nitrogen and oxygen atoms in total. The Morgan fingerprint density at radius 2 is 1.88 bits per heavy atom. The summed E-state index contributed by atoms with van der Waals surface area (Å²) in [5.41, 5.74) is 3.22. The van der Waals surface area contributed by atoms with Crippen molar-refractivity contribution in [3.63, 3.8) is 0 Å². The smallest absolute Gasteiger partial charge is 0.254 e. The first-order chi connectivity index (χ1) is 15.7. The Hall–Kier alpha value is -3.50. The lowest BCUT2D eigenvalue weighted by atomic mass is 10.1. The average molecular weight is 435 g/mol. The summed E-state index contributed by atoms with van der Waals surface area (Å²) in [6, 6.07) is 9.93. The zero-order valence-electron chi connectivity index (χ0n) is 18.1. The molecule has 0 radical (unpaired) electrons. The van der Waals surface area contributed by atoms with E-state index in [4.69, 9.17) is 24.4 Å². The minimum atomic E-state index is -0.00767. The van der Waals surface area contributed by atoms with E-state index in [0.717, 1.165) is 35.9 Å². The number of fused-ring (bicyclic) bond motifs is 1. The number of hydrogen-bond donors (Lipinski definition) is 1. The predicted molar refractivity (Wildman–Crippen MR) is 119 cm³/mol. The highest BCUT2D eigenvalue weighted by molar-refractivity contribution is 5.85. The summed E-state index contributed by atoms with van der Waals surface area (Å²) in [6.07, 6.45) is 1.87. The minimum absolute atomic E-state index is 0.00767. The van der Waals surface area contributed by atoms with Gasteiger partial charge in [0.2, 0.25) is 5.88 Å². The first kappa shape index (κ1) is 20.4. The maximum atomic E-state index is 9.57. The second-order valence-corrected chi connectivity index (χ2v) is 7.52. The van der Waals surface area contributed by atoms with Crippen LogP contribution in [0.15, 0.2) is 36.5 Å². The van der Waals surface area contributed by atoms with Crippen molar-refractivity contribution in [1.29, 1.82) is 0 Å². The largest absolute Gasteiger partial charge is 0.479 e. The normalized spacial score (nSPS) is 14.3. The van der Waals surface area contributed by atoms with Gasteiger partial charge in [-0.1, -0.05) is 30.3 Å². The molecular formula is C22H25N7O3. The summed E-state index contributed by atoms with van der Waals surface area (Å²) in [5, 5.41) is 14.2. The fourth-order valence-corrected chi connectivity index (χ4v) is 3.98. The van der Waals surface area contributed by atoms with E-state index in [0.29, 0.717) is 42.8 Å². The van der Waals surface area contributed by atoms with E-state index in [1.54, 1.807) is 11.8 Å². The molecule has 1 N–H and O–H groups in total. The molecule has 4 aromatic rings. The number of aryl methyl sites for hydroxylation is 1.